The fraction of sp³-hybridized carbons (Fsp3) is 0.136. The van der Waals surface area contributed by atoms with Crippen molar-refractivity contribution in [2.45, 2.75) is 28.5 Å². The van der Waals surface area contributed by atoms with E-state index in [9.17, 15) is 4.79 Å². The number of amides is 1. The molecule has 0 saturated heterocycles. The average Bonchev–Trinajstić information content (AvgIpc) is 2.66. The number of thioether (sulfide) groups is 1. The van der Waals surface area contributed by atoms with Crippen LogP contribution in [0.1, 0.15) is 11.1 Å². The number of benzene rings is 3. The first kappa shape index (κ1) is 17.3. The van der Waals surface area contributed by atoms with Crippen molar-refractivity contribution in [3.8, 4) is 0 Å². The maximum atomic E-state index is 13.2. The summed E-state index contributed by atoms with van der Waals surface area (Å²) in [6.45, 7) is 4.17. The molecule has 0 fully saturated rings. The smallest absolute Gasteiger partial charge is 0.241 e. The molecule has 0 radical (unpaired) electrons. The summed E-state index contributed by atoms with van der Waals surface area (Å²) < 4.78 is 0. The third-order valence-corrected chi connectivity index (χ3v) is 6.65. The van der Waals surface area contributed by atoms with Crippen LogP contribution in [-0.2, 0) is 4.79 Å². The lowest BCUT2D eigenvalue weighted by Gasteiger charge is -2.31. The van der Waals surface area contributed by atoms with Gasteiger partial charge in [-0.2, -0.15) is 0 Å². The van der Waals surface area contributed by atoms with Gasteiger partial charge in [0.2, 0.25) is 5.91 Å². The van der Waals surface area contributed by atoms with E-state index in [1.165, 1.54) is 16.0 Å². The van der Waals surface area contributed by atoms with E-state index in [0.29, 0.717) is 5.75 Å². The Labute approximate surface area is 162 Å². The van der Waals surface area contributed by atoms with Gasteiger partial charge in [0, 0.05) is 14.7 Å². The van der Waals surface area contributed by atoms with Gasteiger partial charge in [0.1, 0.15) is 0 Å². The molecule has 0 aliphatic carbocycles. The number of carbonyl (C=O) groups excluding carboxylic acids is 1. The summed E-state index contributed by atoms with van der Waals surface area (Å²) in [5, 5.41) is 0. The third kappa shape index (κ3) is 3.27. The Morgan fingerprint density at radius 3 is 2.19 bits per heavy atom. The van der Waals surface area contributed by atoms with Crippen molar-refractivity contribution >= 4 is 40.8 Å². The average molecular weight is 378 g/mol. The van der Waals surface area contributed by atoms with Crippen LogP contribution in [-0.4, -0.2) is 11.7 Å². The summed E-state index contributed by atoms with van der Waals surface area (Å²) >= 11 is 3.34. The third-order valence-electron chi connectivity index (χ3n) is 4.38. The van der Waals surface area contributed by atoms with Crippen molar-refractivity contribution in [3.05, 3.63) is 77.9 Å². The first-order chi connectivity index (χ1) is 12.6. The molecule has 2 nitrogen and oxygen atoms in total. The molecular weight excluding hydrogens is 358 g/mol. The van der Waals surface area contributed by atoms with Gasteiger partial charge in [-0.1, -0.05) is 53.7 Å². The van der Waals surface area contributed by atoms with Gasteiger partial charge < -0.3 is 0 Å². The van der Waals surface area contributed by atoms with Crippen LogP contribution in [0.5, 0.6) is 0 Å². The second-order valence-electron chi connectivity index (χ2n) is 6.32. The van der Waals surface area contributed by atoms with Crippen LogP contribution in [0.3, 0.4) is 0 Å². The Hall–Kier alpha value is -2.17. The summed E-state index contributed by atoms with van der Waals surface area (Å²) in [5.74, 6) is 0.522. The summed E-state index contributed by atoms with van der Waals surface area (Å²) in [7, 11) is 0. The largest absolute Gasteiger partial charge is 0.278 e. The molecule has 0 atom stereocenters. The molecule has 1 aliphatic rings. The maximum Gasteiger partial charge on any atom is 0.241 e. The van der Waals surface area contributed by atoms with Crippen LogP contribution in [0.2, 0.25) is 0 Å². The highest BCUT2D eigenvalue weighted by molar-refractivity contribution is 8.00. The molecular formula is C22H19NOS2. The van der Waals surface area contributed by atoms with Crippen LogP contribution in [0, 0.1) is 13.8 Å². The number of nitrogens with zero attached hydrogens (tertiary/aromatic N) is 1. The fourth-order valence-electron chi connectivity index (χ4n) is 3.04. The van der Waals surface area contributed by atoms with Crippen molar-refractivity contribution in [3.63, 3.8) is 0 Å². The van der Waals surface area contributed by atoms with Gasteiger partial charge in [0.05, 0.1) is 17.1 Å². The molecule has 0 aromatic heterocycles. The van der Waals surface area contributed by atoms with E-state index in [1.807, 2.05) is 41.3 Å². The number of carbonyl (C=O) groups is 1. The van der Waals surface area contributed by atoms with Crippen LogP contribution in [0.4, 0.5) is 11.4 Å². The van der Waals surface area contributed by atoms with Gasteiger partial charge in [-0.15, -0.1) is 11.8 Å². The zero-order valence-corrected chi connectivity index (χ0v) is 16.4. The zero-order valence-electron chi connectivity index (χ0n) is 14.7. The number of rotatable bonds is 3. The molecule has 0 unspecified atom stereocenters. The highest BCUT2D eigenvalue weighted by atomic mass is 32.2. The molecule has 3 aromatic rings. The Morgan fingerprint density at radius 1 is 0.923 bits per heavy atom. The number of aryl methyl sites for hydroxylation is 2. The molecule has 0 saturated carbocycles. The lowest BCUT2D eigenvalue weighted by Crippen LogP contribution is -2.29. The van der Waals surface area contributed by atoms with Crippen LogP contribution >= 0.6 is 23.5 Å². The lowest BCUT2D eigenvalue weighted by atomic mass is 10.2. The van der Waals surface area contributed by atoms with E-state index in [0.717, 1.165) is 21.2 Å². The molecule has 130 valence electrons. The van der Waals surface area contributed by atoms with E-state index in [2.05, 4.69) is 44.2 Å². The monoisotopic (exact) mass is 377 g/mol. The molecule has 1 aliphatic heterocycles. The summed E-state index contributed by atoms with van der Waals surface area (Å²) in [6, 6.07) is 22.6. The number of para-hydroxylation sites is 2. The molecule has 4 rings (SSSR count). The quantitative estimate of drug-likeness (QED) is 0.505. The van der Waals surface area contributed by atoms with E-state index < -0.39 is 0 Å². The second kappa shape index (κ2) is 7.22. The minimum absolute atomic E-state index is 0.108. The predicted octanol–water partition coefficient (Wildman–Crippen LogP) is 6.23. The lowest BCUT2D eigenvalue weighted by molar-refractivity contribution is -0.115. The minimum atomic E-state index is 0.108. The maximum absolute atomic E-state index is 13.2. The SMILES string of the molecule is Cc1ccc(C)c(SCC(=O)N2c3ccccc3Sc3ccccc32)c1. The molecule has 0 spiro atoms. The molecule has 4 heteroatoms. The summed E-state index contributed by atoms with van der Waals surface area (Å²) in [6.07, 6.45) is 0. The zero-order chi connectivity index (χ0) is 18.1. The summed E-state index contributed by atoms with van der Waals surface area (Å²) in [4.78, 5) is 18.5. The second-order valence-corrected chi connectivity index (χ2v) is 8.43. The first-order valence-electron chi connectivity index (χ1n) is 8.52. The number of fused-ring (bicyclic) bond motifs is 2. The van der Waals surface area contributed by atoms with Gasteiger partial charge in [0.25, 0.3) is 0 Å². The van der Waals surface area contributed by atoms with Crippen molar-refractivity contribution in [1.82, 2.24) is 0 Å². The summed E-state index contributed by atoms with van der Waals surface area (Å²) in [5.41, 5.74) is 4.38. The molecule has 1 heterocycles. The molecule has 3 aromatic carbocycles. The Bertz CT molecular complexity index is 938. The van der Waals surface area contributed by atoms with Gasteiger partial charge in [-0.25, -0.2) is 0 Å². The first-order valence-corrected chi connectivity index (χ1v) is 10.3. The topological polar surface area (TPSA) is 20.3 Å². The molecule has 1 amide bonds. The normalized spacial score (nSPS) is 12.5. The van der Waals surface area contributed by atoms with Crippen LogP contribution in [0.25, 0.3) is 0 Å². The van der Waals surface area contributed by atoms with Gasteiger partial charge in [-0.05, 0) is 49.7 Å². The van der Waals surface area contributed by atoms with Gasteiger partial charge in [-0.3, -0.25) is 9.69 Å². The number of hydrogen-bond acceptors (Lipinski definition) is 3. The van der Waals surface area contributed by atoms with Crippen molar-refractivity contribution < 1.29 is 4.79 Å². The standard InChI is InChI=1S/C22H19NOS2/c1-15-11-12-16(2)21(13-15)25-14-22(24)23-17-7-3-5-9-19(17)26-20-10-6-4-8-18(20)23/h3-13H,14H2,1-2H3. The van der Waals surface area contributed by atoms with Crippen molar-refractivity contribution in [1.29, 1.82) is 0 Å². The van der Waals surface area contributed by atoms with Gasteiger partial charge >= 0.3 is 0 Å². The van der Waals surface area contributed by atoms with Gasteiger partial charge in [0.15, 0.2) is 0 Å². The molecule has 0 N–H and O–H groups in total. The van der Waals surface area contributed by atoms with E-state index in [4.69, 9.17) is 0 Å². The van der Waals surface area contributed by atoms with Crippen molar-refractivity contribution in [2.24, 2.45) is 0 Å². The van der Waals surface area contributed by atoms with E-state index in [1.54, 1.807) is 23.5 Å². The van der Waals surface area contributed by atoms with E-state index >= 15 is 0 Å². The highest BCUT2D eigenvalue weighted by Crippen LogP contribution is 2.48. The fourth-order valence-corrected chi connectivity index (χ4v) is 5.07. The minimum Gasteiger partial charge on any atom is -0.278 e. The number of anilines is 2. The Morgan fingerprint density at radius 2 is 1.54 bits per heavy atom. The predicted molar refractivity (Wildman–Crippen MR) is 111 cm³/mol. The van der Waals surface area contributed by atoms with Crippen LogP contribution < -0.4 is 4.90 Å². The Balaban J connectivity index is 1.64. The Kier molecular flexibility index (Phi) is 4.79. The highest BCUT2D eigenvalue weighted by Gasteiger charge is 2.27. The van der Waals surface area contributed by atoms with Crippen LogP contribution in [0.15, 0.2) is 81.4 Å². The number of hydrogen-bond donors (Lipinski definition) is 0. The molecule has 0 bridgehead atoms. The van der Waals surface area contributed by atoms with Crippen molar-refractivity contribution in [2.75, 3.05) is 10.7 Å². The molecule has 26 heavy (non-hydrogen) atoms. The van der Waals surface area contributed by atoms with E-state index in [-0.39, 0.29) is 5.91 Å².